The highest BCUT2D eigenvalue weighted by atomic mass is 35.5. The number of rotatable bonds is 2. The average molecular weight is 410 g/mol. The minimum Gasteiger partial charge on any atom is -0.375 e. The first kappa shape index (κ1) is 18.8. The maximum absolute atomic E-state index is 14.6. The number of hydrogen-bond donors (Lipinski definition) is 1. The normalized spacial score (nSPS) is 24.4. The fraction of sp³-hybridized carbons (Fsp3) is 0.474. The van der Waals surface area contributed by atoms with Gasteiger partial charge in [0.25, 0.3) is 5.56 Å². The van der Waals surface area contributed by atoms with E-state index >= 15 is 0 Å². The molecule has 0 saturated carbocycles. The largest absolute Gasteiger partial charge is 0.375 e. The molecule has 0 bridgehead atoms. The molecule has 2 atom stereocenters. The molecule has 1 aromatic heterocycles. The number of benzene rings is 1. The molecule has 2 aromatic rings. The van der Waals surface area contributed by atoms with Crippen LogP contribution in [0.3, 0.4) is 0 Å². The zero-order valence-corrected chi connectivity index (χ0v) is 17.0. The fourth-order valence-corrected chi connectivity index (χ4v) is 5.36. The number of halogens is 2. The Morgan fingerprint density at radius 2 is 2.19 bits per heavy atom. The molecule has 0 spiro atoms. The molecular formula is C19H21ClFN3O2S. The molecule has 27 heavy (non-hydrogen) atoms. The van der Waals surface area contributed by atoms with Crippen LogP contribution >= 0.6 is 23.4 Å². The maximum Gasteiger partial charge on any atom is 0.271 e. The van der Waals surface area contributed by atoms with Crippen molar-refractivity contribution in [3.63, 3.8) is 0 Å². The number of aromatic nitrogens is 2. The highest BCUT2D eigenvalue weighted by Crippen LogP contribution is 2.47. The van der Waals surface area contributed by atoms with Gasteiger partial charge < -0.3 is 4.74 Å². The molecule has 2 aliphatic heterocycles. The van der Waals surface area contributed by atoms with Gasteiger partial charge in [-0.3, -0.25) is 14.6 Å². The van der Waals surface area contributed by atoms with Gasteiger partial charge in [0, 0.05) is 17.2 Å². The van der Waals surface area contributed by atoms with Gasteiger partial charge >= 0.3 is 0 Å². The van der Waals surface area contributed by atoms with Gasteiger partial charge in [0.2, 0.25) is 0 Å². The van der Waals surface area contributed by atoms with E-state index in [1.54, 1.807) is 12.1 Å². The van der Waals surface area contributed by atoms with E-state index in [4.69, 9.17) is 16.3 Å². The molecule has 0 radical (unpaired) electrons. The van der Waals surface area contributed by atoms with Gasteiger partial charge in [0.15, 0.2) is 5.82 Å². The van der Waals surface area contributed by atoms with Crippen molar-refractivity contribution in [1.29, 1.82) is 0 Å². The summed E-state index contributed by atoms with van der Waals surface area (Å²) in [5.74, 6) is 0.156. The van der Waals surface area contributed by atoms with Crippen molar-refractivity contribution < 1.29 is 9.13 Å². The van der Waals surface area contributed by atoms with E-state index in [1.807, 2.05) is 25.5 Å². The summed E-state index contributed by atoms with van der Waals surface area (Å²) in [4.78, 5) is 17.5. The van der Waals surface area contributed by atoms with Crippen molar-refractivity contribution in [2.75, 3.05) is 6.61 Å². The summed E-state index contributed by atoms with van der Waals surface area (Å²) in [6.45, 7) is 6.57. The zero-order chi connectivity index (χ0) is 19.3. The second kappa shape index (κ2) is 6.79. The van der Waals surface area contributed by atoms with Crippen LogP contribution in [0.4, 0.5) is 10.2 Å². The number of H-pyrrole nitrogens is 1. The molecule has 5 nitrogen and oxygen atoms in total. The monoisotopic (exact) mass is 409 g/mol. The van der Waals surface area contributed by atoms with Crippen molar-refractivity contribution in [2.45, 2.75) is 50.5 Å². The third kappa shape index (κ3) is 3.37. The molecule has 3 heterocycles. The third-order valence-corrected chi connectivity index (χ3v) is 6.52. The van der Waals surface area contributed by atoms with Crippen LogP contribution in [0.15, 0.2) is 28.0 Å². The van der Waals surface area contributed by atoms with Crippen LogP contribution < -0.4 is 5.56 Å². The van der Waals surface area contributed by atoms with Crippen LogP contribution in [0.2, 0.25) is 5.02 Å². The van der Waals surface area contributed by atoms with Crippen molar-refractivity contribution in [3.8, 4) is 0 Å². The molecule has 2 aliphatic rings. The van der Waals surface area contributed by atoms with Gasteiger partial charge in [0.1, 0.15) is 5.82 Å². The Bertz CT molecular complexity index is 962. The molecule has 1 N–H and O–H groups in total. The zero-order valence-electron chi connectivity index (χ0n) is 15.4. The molecule has 1 aromatic carbocycles. The van der Waals surface area contributed by atoms with Crippen LogP contribution in [-0.2, 0) is 4.74 Å². The van der Waals surface area contributed by atoms with E-state index in [1.165, 1.54) is 17.8 Å². The van der Waals surface area contributed by atoms with Gasteiger partial charge in [-0.1, -0.05) is 29.4 Å². The lowest BCUT2D eigenvalue weighted by Gasteiger charge is -2.36. The van der Waals surface area contributed by atoms with Gasteiger partial charge in [-0.2, -0.15) is 0 Å². The van der Waals surface area contributed by atoms with Crippen LogP contribution in [0.25, 0.3) is 0 Å². The Kier molecular flexibility index (Phi) is 4.72. The molecule has 8 heteroatoms. The molecule has 0 unspecified atom stereocenters. The predicted octanol–water partition coefficient (Wildman–Crippen LogP) is 4.99. The molecule has 0 aliphatic carbocycles. The lowest BCUT2D eigenvalue weighted by molar-refractivity contribution is -0.0705. The SMILES string of the molecule is CC1=Nc2c(c(=O)[nH]n2[C@@H]2CCOC(C)(C)C2)[C@H](c2c(F)cccc2Cl)S1. The summed E-state index contributed by atoms with van der Waals surface area (Å²) < 4.78 is 22.2. The van der Waals surface area contributed by atoms with Crippen molar-refractivity contribution >= 4 is 34.2 Å². The number of ether oxygens (including phenoxy) is 1. The van der Waals surface area contributed by atoms with Gasteiger partial charge in [0.05, 0.1) is 27.5 Å². The highest BCUT2D eigenvalue weighted by Gasteiger charge is 2.37. The van der Waals surface area contributed by atoms with Crippen molar-refractivity contribution in [2.24, 2.45) is 4.99 Å². The van der Waals surface area contributed by atoms with E-state index in [9.17, 15) is 9.18 Å². The second-order valence-corrected chi connectivity index (χ2v) is 9.27. The van der Waals surface area contributed by atoms with E-state index < -0.39 is 11.1 Å². The Balaban J connectivity index is 1.85. The second-order valence-electron chi connectivity index (χ2n) is 7.57. The molecule has 4 rings (SSSR count). The molecular weight excluding hydrogens is 389 g/mol. The molecule has 0 amide bonds. The smallest absolute Gasteiger partial charge is 0.271 e. The average Bonchev–Trinajstić information content (AvgIpc) is 2.90. The molecule has 144 valence electrons. The lowest BCUT2D eigenvalue weighted by atomic mass is 9.94. The number of aliphatic imine (C=N–C) groups is 1. The minimum absolute atomic E-state index is 0.0709. The number of fused-ring (bicyclic) bond motifs is 1. The first-order valence-electron chi connectivity index (χ1n) is 8.91. The summed E-state index contributed by atoms with van der Waals surface area (Å²) in [7, 11) is 0. The van der Waals surface area contributed by atoms with Crippen molar-refractivity contribution in [1.82, 2.24) is 9.78 Å². The van der Waals surface area contributed by atoms with Gasteiger partial charge in [-0.25, -0.2) is 9.38 Å². The Morgan fingerprint density at radius 1 is 1.41 bits per heavy atom. The number of nitrogens with one attached hydrogen (secondary N) is 1. The number of nitrogens with zero attached hydrogens (tertiary/aromatic N) is 2. The molecule has 1 saturated heterocycles. The Morgan fingerprint density at radius 3 is 2.89 bits per heavy atom. The third-order valence-electron chi connectivity index (χ3n) is 5.05. The summed E-state index contributed by atoms with van der Waals surface area (Å²) in [6.07, 6.45) is 1.55. The Hall–Kier alpha value is -1.57. The van der Waals surface area contributed by atoms with E-state index in [2.05, 4.69) is 10.1 Å². The van der Waals surface area contributed by atoms with Gasteiger partial charge in [-0.05, 0) is 45.7 Å². The van der Waals surface area contributed by atoms with E-state index in [0.29, 0.717) is 28.6 Å². The Labute approximate surface area is 165 Å². The van der Waals surface area contributed by atoms with Crippen LogP contribution in [0.1, 0.15) is 56.0 Å². The highest BCUT2D eigenvalue weighted by molar-refractivity contribution is 8.14. The lowest BCUT2D eigenvalue weighted by Crippen LogP contribution is -2.35. The fourth-order valence-electron chi connectivity index (χ4n) is 3.86. The first-order chi connectivity index (χ1) is 12.8. The van der Waals surface area contributed by atoms with Crippen LogP contribution in [0.5, 0.6) is 0 Å². The number of aromatic amines is 1. The summed E-state index contributed by atoms with van der Waals surface area (Å²) in [5.41, 5.74) is 0.271. The van der Waals surface area contributed by atoms with Gasteiger partial charge in [-0.15, -0.1) is 0 Å². The quantitative estimate of drug-likeness (QED) is 0.760. The summed E-state index contributed by atoms with van der Waals surface area (Å²) in [6, 6.07) is 4.65. The topological polar surface area (TPSA) is 59.4 Å². The maximum atomic E-state index is 14.6. The van der Waals surface area contributed by atoms with Crippen LogP contribution in [0, 0.1) is 5.82 Å². The van der Waals surface area contributed by atoms with E-state index in [-0.39, 0.29) is 17.2 Å². The first-order valence-corrected chi connectivity index (χ1v) is 10.2. The number of hydrogen-bond acceptors (Lipinski definition) is 4. The summed E-state index contributed by atoms with van der Waals surface area (Å²) >= 11 is 7.65. The van der Waals surface area contributed by atoms with Crippen LogP contribution in [-0.4, -0.2) is 27.0 Å². The number of thioether (sulfide) groups is 1. The predicted molar refractivity (Wildman–Crippen MR) is 107 cm³/mol. The standard InChI is InChI=1S/C19H21ClFN3O2S/c1-10-22-17-15(16(27-10)14-12(20)5-4-6-13(14)21)18(25)23-24(17)11-7-8-26-19(2,3)9-11/h4-6,11,16H,7-9H2,1-3H3,(H,23,25)/t11-,16+/m1/s1. The summed E-state index contributed by atoms with van der Waals surface area (Å²) in [5, 5.41) is 3.50. The minimum atomic E-state index is -0.524. The molecule has 1 fully saturated rings. The van der Waals surface area contributed by atoms with E-state index in [0.717, 1.165) is 17.9 Å². The van der Waals surface area contributed by atoms with Crippen molar-refractivity contribution in [3.05, 3.63) is 50.5 Å².